The van der Waals surface area contributed by atoms with Crippen LogP contribution < -0.4 is 10.9 Å². The van der Waals surface area contributed by atoms with Gasteiger partial charge in [0, 0.05) is 24.9 Å². The van der Waals surface area contributed by atoms with E-state index in [1.165, 1.54) is 16.8 Å². The Kier molecular flexibility index (Phi) is 6.80. The van der Waals surface area contributed by atoms with Crippen LogP contribution in [0.15, 0.2) is 23.1 Å². The first-order valence-corrected chi connectivity index (χ1v) is 9.48. The number of amides is 1. The number of rotatable bonds is 8. The van der Waals surface area contributed by atoms with Crippen LogP contribution in [-0.4, -0.2) is 30.9 Å². The first-order valence-electron chi connectivity index (χ1n) is 7.42. The Labute approximate surface area is 131 Å². The van der Waals surface area contributed by atoms with E-state index in [4.69, 9.17) is 0 Å². The fraction of sp³-hybridized carbons (Fsp3) is 0.600. The SMILES string of the molecule is CCCCC(C)C(=O)Nc1cccn(CCS(C)(=O)=O)c1=O. The third kappa shape index (κ3) is 6.01. The minimum absolute atomic E-state index is 0.0762. The van der Waals surface area contributed by atoms with E-state index in [2.05, 4.69) is 12.2 Å². The molecule has 0 fully saturated rings. The van der Waals surface area contributed by atoms with Crippen molar-refractivity contribution in [2.75, 3.05) is 17.3 Å². The number of aryl methyl sites for hydroxylation is 1. The molecule has 124 valence electrons. The highest BCUT2D eigenvalue weighted by molar-refractivity contribution is 7.90. The summed E-state index contributed by atoms with van der Waals surface area (Å²) in [4.78, 5) is 24.3. The molecule has 1 aromatic heterocycles. The Balaban J connectivity index is 2.80. The number of hydrogen-bond donors (Lipinski definition) is 1. The van der Waals surface area contributed by atoms with E-state index in [1.54, 1.807) is 6.07 Å². The number of pyridine rings is 1. The van der Waals surface area contributed by atoms with Gasteiger partial charge in [-0.3, -0.25) is 9.59 Å². The van der Waals surface area contributed by atoms with Gasteiger partial charge in [-0.05, 0) is 18.6 Å². The Morgan fingerprint density at radius 3 is 2.68 bits per heavy atom. The van der Waals surface area contributed by atoms with Gasteiger partial charge in [-0.2, -0.15) is 0 Å². The number of unbranched alkanes of at least 4 members (excludes halogenated alkanes) is 1. The number of anilines is 1. The van der Waals surface area contributed by atoms with Crippen LogP contribution in [0.2, 0.25) is 0 Å². The zero-order chi connectivity index (χ0) is 16.8. The highest BCUT2D eigenvalue weighted by Gasteiger charge is 2.14. The molecule has 7 heteroatoms. The molecule has 0 radical (unpaired) electrons. The van der Waals surface area contributed by atoms with E-state index in [-0.39, 0.29) is 35.4 Å². The predicted octanol–water partition coefficient (Wildman–Crippen LogP) is 1.66. The highest BCUT2D eigenvalue weighted by atomic mass is 32.2. The zero-order valence-electron chi connectivity index (χ0n) is 13.3. The van der Waals surface area contributed by atoms with Crippen molar-refractivity contribution >= 4 is 21.4 Å². The molecular weight excluding hydrogens is 304 g/mol. The standard InChI is InChI=1S/C15H24N2O4S/c1-4-5-7-12(2)14(18)16-13-8-6-9-17(15(13)19)10-11-22(3,20)21/h6,8-9,12H,4-5,7,10-11H2,1-3H3,(H,16,18). The van der Waals surface area contributed by atoms with Crippen molar-refractivity contribution in [2.24, 2.45) is 5.92 Å². The van der Waals surface area contributed by atoms with Gasteiger partial charge in [-0.1, -0.05) is 26.7 Å². The van der Waals surface area contributed by atoms with Crippen LogP contribution in [0.3, 0.4) is 0 Å². The third-order valence-corrected chi connectivity index (χ3v) is 4.34. The number of carbonyl (C=O) groups excluding carboxylic acids is 1. The number of nitrogens with one attached hydrogen (secondary N) is 1. The molecule has 1 heterocycles. The minimum atomic E-state index is -3.15. The van der Waals surface area contributed by atoms with Gasteiger partial charge in [0.2, 0.25) is 5.91 Å². The molecule has 0 spiro atoms. The Hall–Kier alpha value is -1.63. The molecule has 1 rings (SSSR count). The molecule has 0 aliphatic rings. The van der Waals surface area contributed by atoms with E-state index >= 15 is 0 Å². The molecule has 0 bridgehead atoms. The van der Waals surface area contributed by atoms with Gasteiger partial charge in [-0.15, -0.1) is 0 Å². The van der Waals surface area contributed by atoms with E-state index in [0.29, 0.717) is 0 Å². The number of carbonyl (C=O) groups is 1. The molecule has 0 saturated heterocycles. The molecule has 0 saturated carbocycles. The topological polar surface area (TPSA) is 85.2 Å². The summed E-state index contributed by atoms with van der Waals surface area (Å²) in [6.45, 7) is 3.96. The van der Waals surface area contributed by atoms with Crippen molar-refractivity contribution < 1.29 is 13.2 Å². The quantitative estimate of drug-likeness (QED) is 0.786. The molecule has 1 amide bonds. The lowest BCUT2D eigenvalue weighted by Gasteiger charge is -2.12. The fourth-order valence-electron chi connectivity index (χ4n) is 1.97. The lowest BCUT2D eigenvalue weighted by Crippen LogP contribution is -2.29. The van der Waals surface area contributed by atoms with Gasteiger partial charge < -0.3 is 9.88 Å². The Morgan fingerprint density at radius 2 is 2.09 bits per heavy atom. The van der Waals surface area contributed by atoms with Crippen LogP contribution in [0.4, 0.5) is 5.69 Å². The maximum absolute atomic E-state index is 12.2. The summed E-state index contributed by atoms with van der Waals surface area (Å²) in [7, 11) is -3.15. The first kappa shape index (κ1) is 18.4. The van der Waals surface area contributed by atoms with Crippen molar-refractivity contribution in [3.63, 3.8) is 0 Å². The van der Waals surface area contributed by atoms with Gasteiger partial charge in [0.05, 0.1) is 5.75 Å². The number of nitrogens with zero attached hydrogens (tertiary/aromatic N) is 1. The summed E-state index contributed by atoms with van der Waals surface area (Å²) >= 11 is 0. The summed E-state index contributed by atoms with van der Waals surface area (Å²) in [5, 5.41) is 2.63. The van der Waals surface area contributed by atoms with Gasteiger partial charge in [0.25, 0.3) is 5.56 Å². The Morgan fingerprint density at radius 1 is 1.41 bits per heavy atom. The summed E-state index contributed by atoms with van der Waals surface area (Å²) < 4.78 is 23.7. The third-order valence-electron chi connectivity index (χ3n) is 3.42. The number of sulfone groups is 1. The molecule has 6 nitrogen and oxygen atoms in total. The van der Waals surface area contributed by atoms with E-state index in [9.17, 15) is 18.0 Å². The summed E-state index contributed by atoms with van der Waals surface area (Å²) in [5.74, 6) is -0.465. The van der Waals surface area contributed by atoms with Crippen molar-refractivity contribution in [3.05, 3.63) is 28.7 Å². The van der Waals surface area contributed by atoms with Crippen molar-refractivity contribution in [1.82, 2.24) is 4.57 Å². The molecule has 0 aromatic carbocycles. The largest absolute Gasteiger partial charge is 0.321 e. The molecule has 1 aromatic rings. The molecular formula is C15H24N2O4S. The van der Waals surface area contributed by atoms with Crippen LogP contribution in [-0.2, 0) is 21.2 Å². The second-order valence-electron chi connectivity index (χ2n) is 5.58. The van der Waals surface area contributed by atoms with E-state index in [1.807, 2.05) is 6.92 Å². The number of hydrogen-bond acceptors (Lipinski definition) is 4. The fourth-order valence-corrected chi connectivity index (χ4v) is 2.50. The maximum atomic E-state index is 12.2. The average molecular weight is 328 g/mol. The smallest absolute Gasteiger partial charge is 0.274 e. The van der Waals surface area contributed by atoms with Crippen LogP contribution in [0.25, 0.3) is 0 Å². The highest BCUT2D eigenvalue weighted by Crippen LogP contribution is 2.10. The number of aromatic nitrogens is 1. The van der Waals surface area contributed by atoms with Gasteiger partial charge >= 0.3 is 0 Å². The molecule has 0 aliphatic carbocycles. The summed E-state index contributed by atoms with van der Waals surface area (Å²) in [6.07, 6.45) is 5.39. The second-order valence-corrected chi connectivity index (χ2v) is 7.84. The van der Waals surface area contributed by atoms with E-state index < -0.39 is 9.84 Å². The first-order chi connectivity index (χ1) is 10.2. The molecule has 0 aliphatic heterocycles. The maximum Gasteiger partial charge on any atom is 0.274 e. The van der Waals surface area contributed by atoms with Gasteiger partial charge in [0.1, 0.15) is 15.5 Å². The molecule has 22 heavy (non-hydrogen) atoms. The predicted molar refractivity (Wildman–Crippen MR) is 87.7 cm³/mol. The summed E-state index contributed by atoms with van der Waals surface area (Å²) in [5.41, 5.74) is -0.202. The minimum Gasteiger partial charge on any atom is -0.321 e. The molecule has 1 N–H and O–H groups in total. The van der Waals surface area contributed by atoms with Crippen LogP contribution >= 0.6 is 0 Å². The van der Waals surface area contributed by atoms with Gasteiger partial charge in [0.15, 0.2) is 0 Å². The molecule has 1 atom stereocenters. The van der Waals surface area contributed by atoms with Crippen LogP contribution in [0.1, 0.15) is 33.1 Å². The Bertz CT molecular complexity index is 664. The van der Waals surface area contributed by atoms with E-state index in [0.717, 1.165) is 25.5 Å². The van der Waals surface area contributed by atoms with Crippen LogP contribution in [0, 0.1) is 5.92 Å². The monoisotopic (exact) mass is 328 g/mol. The van der Waals surface area contributed by atoms with Crippen molar-refractivity contribution in [2.45, 2.75) is 39.7 Å². The zero-order valence-corrected chi connectivity index (χ0v) is 14.1. The normalized spacial score (nSPS) is 12.9. The van der Waals surface area contributed by atoms with Gasteiger partial charge in [-0.25, -0.2) is 8.42 Å². The summed E-state index contributed by atoms with van der Waals surface area (Å²) in [6, 6.07) is 3.15. The molecule has 1 unspecified atom stereocenters. The second kappa shape index (κ2) is 8.12. The van der Waals surface area contributed by atoms with Crippen molar-refractivity contribution in [3.8, 4) is 0 Å². The lowest BCUT2D eigenvalue weighted by molar-refractivity contribution is -0.119. The lowest BCUT2D eigenvalue weighted by atomic mass is 10.0. The van der Waals surface area contributed by atoms with Crippen LogP contribution in [0.5, 0.6) is 0 Å². The average Bonchev–Trinajstić information content (AvgIpc) is 2.44. The van der Waals surface area contributed by atoms with Crippen molar-refractivity contribution in [1.29, 1.82) is 0 Å².